The molecule has 0 saturated heterocycles. The van der Waals surface area contributed by atoms with Gasteiger partial charge >= 0.3 is 0 Å². The van der Waals surface area contributed by atoms with E-state index in [0.29, 0.717) is 23.7 Å². The summed E-state index contributed by atoms with van der Waals surface area (Å²) in [6, 6.07) is 145. The Kier molecular flexibility index (Phi) is 21.9. The molecule has 0 unspecified atom stereocenters. The van der Waals surface area contributed by atoms with E-state index in [9.17, 15) is 0 Å². The summed E-state index contributed by atoms with van der Waals surface area (Å²) >= 11 is 0. The molecule has 0 atom stereocenters. The summed E-state index contributed by atoms with van der Waals surface area (Å²) in [5, 5.41) is 17.6. The molecule has 19 aromatic carbocycles. The normalized spacial score (nSPS) is 13.3. The Balaban J connectivity index is 0.000000164. The van der Waals surface area contributed by atoms with Crippen LogP contribution in [0.15, 0.2) is 388 Å². The Morgan fingerprint density at radius 3 is 0.785 bits per heavy atom. The van der Waals surface area contributed by atoms with Gasteiger partial charge in [-0.3, -0.25) is 0 Å². The predicted molar refractivity (Wildman–Crippen MR) is 526 cm³/mol. The van der Waals surface area contributed by atoms with E-state index in [0.717, 1.165) is 0 Å². The molecule has 592 valence electrons. The molecule has 0 heterocycles. The van der Waals surface area contributed by atoms with Gasteiger partial charge in [-0.15, -0.1) is 0 Å². The predicted octanol–water partition coefficient (Wildman–Crippen LogP) is 35.6. The molecule has 21 rings (SSSR count). The molecule has 2 nitrogen and oxygen atoms in total. The van der Waals surface area contributed by atoms with Crippen molar-refractivity contribution >= 4 is 110 Å². The second kappa shape index (κ2) is 34.1. The Morgan fingerprint density at radius 1 is 0.215 bits per heavy atom. The molecule has 0 bridgehead atoms. The number of rotatable bonds is 16. The summed E-state index contributed by atoms with van der Waals surface area (Å²) in [5.74, 6) is 2.27. The summed E-state index contributed by atoms with van der Waals surface area (Å²) in [4.78, 5) is 5.02. The third-order valence-electron chi connectivity index (χ3n) is 26.3. The third-order valence-corrected chi connectivity index (χ3v) is 26.3. The van der Waals surface area contributed by atoms with E-state index in [1.54, 1.807) is 0 Å². The van der Waals surface area contributed by atoms with Gasteiger partial charge in [-0.2, -0.15) is 0 Å². The molecule has 0 radical (unpaired) electrons. The van der Waals surface area contributed by atoms with Gasteiger partial charge in [0.1, 0.15) is 0 Å². The lowest BCUT2D eigenvalue weighted by Crippen LogP contribution is -2.12. The number of nitrogens with zero attached hydrogens (tertiary/aromatic N) is 2. The lowest BCUT2D eigenvalue weighted by molar-refractivity contribution is 0.443. The van der Waals surface area contributed by atoms with E-state index in [-0.39, 0.29) is 8.85 Å². The zero-order valence-corrected chi connectivity index (χ0v) is 69.2. The largest absolute Gasteiger partial charge is 0.310 e. The van der Waals surface area contributed by atoms with E-state index in [4.69, 9.17) is 0 Å². The second-order valence-electron chi connectivity index (χ2n) is 34.1. The Bertz CT molecular complexity index is 6420. The summed E-state index contributed by atoms with van der Waals surface area (Å²) in [7, 11) is 0. The van der Waals surface area contributed by atoms with Crippen LogP contribution in [0, 0.1) is 0 Å². The van der Waals surface area contributed by atoms with Crippen LogP contribution in [0.3, 0.4) is 0 Å². The molecule has 0 spiro atoms. The molecule has 121 heavy (non-hydrogen) atoms. The summed E-state index contributed by atoms with van der Waals surface area (Å²) in [6.07, 6.45) is 13.3. The fourth-order valence-corrected chi connectivity index (χ4v) is 20.2. The fourth-order valence-electron chi connectivity index (χ4n) is 20.2. The van der Waals surface area contributed by atoms with Crippen LogP contribution in [-0.2, 0) is 0 Å². The Hall–Kier alpha value is -13.4. The van der Waals surface area contributed by atoms with Crippen LogP contribution >= 0.6 is 0 Å². The van der Waals surface area contributed by atoms with Crippen molar-refractivity contribution in [3.05, 3.63) is 411 Å². The van der Waals surface area contributed by atoms with Gasteiger partial charge in [-0.25, -0.2) is 0 Å². The average molecular weight is 1570 g/mol. The monoisotopic (exact) mass is 1560 g/mol. The highest BCUT2D eigenvalue weighted by Crippen LogP contribution is 2.53. The first-order chi connectivity index (χ1) is 59.2. The van der Waals surface area contributed by atoms with Crippen molar-refractivity contribution in [2.24, 2.45) is 0 Å². The lowest BCUT2D eigenvalue weighted by Gasteiger charge is -2.30. The maximum atomic E-state index is 2.51. The Morgan fingerprint density at radius 2 is 0.471 bits per heavy atom. The van der Waals surface area contributed by atoms with Gasteiger partial charge in [0.05, 0.1) is 11.4 Å². The standard InChI is InChI=1S/C60H62N2.C58H38.CH4.H2/c1-41(2)43-23-31-49(32-24-43)61(51-35-27-47(28-36-51)45-15-7-5-8-16-45)59-39-57-54-20-12-14-22-56(54)60(40-58(57)53-19-11-13-21-55(53)59)62(50-33-25-44(26-34-50)42(3)4)52-37-29-48(30-38-52)46-17-9-6-10-18-46;1-3-20-39(21-4-1)43-26-7-9-28-45(43)57-51-34-15-11-30-47(51)55(48-31-12-16-35-52(48)57)41-24-19-25-42(38-41)56-49-32-13-17-36-53(49)58(54-37-18-14-33-50(54)56)46-29-10-8-27-44(46)40-22-5-2-6-23-40;;/h11-14,19-42,45-46H,5-10,15-18H2,1-4H3;1-38H;1H4;1H/i;;;1+1. The van der Waals surface area contributed by atoms with Crippen LogP contribution in [0.5, 0.6) is 0 Å². The number of hydrogen-bond donors (Lipinski definition) is 0. The molecule has 0 aliphatic heterocycles. The highest BCUT2D eigenvalue weighted by Gasteiger charge is 2.28. The number of benzene rings is 19. The molecule has 2 aliphatic carbocycles. The van der Waals surface area contributed by atoms with E-state index in [1.807, 2.05) is 0 Å². The molecule has 2 fully saturated rings. The quantitative estimate of drug-likeness (QED) is 0.0703. The van der Waals surface area contributed by atoms with Crippen molar-refractivity contribution < 1.29 is 1.43 Å². The Labute approximate surface area is 716 Å². The molecule has 0 aromatic heterocycles. The minimum atomic E-state index is 0. The minimum Gasteiger partial charge on any atom is -0.310 e. The molecule has 2 heteroatoms. The van der Waals surface area contributed by atoms with Crippen molar-refractivity contribution in [3.63, 3.8) is 0 Å². The van der Waals surface area contributed by atoms with E-state index in [1.165, 1.54) is 263 Å². The highest BCUT2D eigenvalue weighted by molar-refractivity contribution is 6.27. The summed E-state index contributed by atoms with van der Waals surface area (Å²) in [6.45, 7) is 9.12. The zero-order chi connectivity index (χ0) is 80.6. The topological polar surface area (TPSA) is 6.48 Å². The van der Waals surface area contributed by atoms with Crippen LogP contribution in [0.1, 0.15) is 147 Å². The highest BCUT2D eigenvalue weighted by atomic mass is 15.2. The van der Waals surface area contributed by atoms with Gasteiger partial charge in [-0.1, -0.05) is 395 Å². The maximum Gasteiger partial charge on any atom is 0.0546 e. The smallest absolute Gasteiger partial charge is 0.0546 e. The molecule has 2 saturated carbocycles. The van der Waals surface area contributed by atoms with Gasteiger partial charge < -0.3 is 9.80 Å². The molecule has 0 amide bonds. The van der Waals surface area contributed by atoms with Gasteiger partial charge in [0.15, 0.2) is 0 Å². The van der Waals surface area contributed by atoms with Crippen molar-refractivity contribution in [1.29, 1.82) is 0 Å². The van der Waals surface area contributed by atoms with Crippen molar-refractivity contribution in [1.82, 2.24) is 0 Å². The van der Waals surface area contributed by atoms with Gasteiger partial charge in [0, 0.05) is 34.9 Å². The van der Waals surface area contributed by atoms with Crippen molar-refractivity contribution in [2.45, 2.75) is 123 Å². The van der Waals surface area contributed by atoms with E-state index < -0.39 is 0 Å². The van der Waals surface area contributed by atoms with Gasteiger partial charge in [-0.05, 0) is 270 Å². The summed E-state index contributed by atoms with van der Waals surface area (Å²) in [5.41, 5.74) is 27.7. The van der Waals surface area contributed by atoms with Crippen LogP contribution in [0.4, 0.5) is 34.1 Å². The maximum absolute atomic E-state index is 2.51. The van der Waals surface area contributed by atoms with Crippen molar-refractivity contribution in [2.75, 3.05) is 9.80 Å². The van der Waals surface area contributed by atoms with Gasteiger partial charge in [0.2, 0.25) is 0 Å². The van der Waals surface area contributed by atoms with Gasteiger partial charge in [0.25, 0.3) is 0 Å². The van der Waals surface area contributed by atoms with Crippen LogP contribution in [0.25, 0.3) is 142 Å². The molecular weight excluding hydrogens is 1460 g/mol. The second-order valence-corrected chi connectivity index (χ2v) is 34.1. The third kappa shape index (κ3) is 14.8. The summed E-state index contributed by atoms with van der Waals surface area (Å²) < 4.78 is 0. The number of hydrogen-bond acceptors (Lipinski definition) is 2. The number of anilines is 6. The minimum absolute atomic E-state index is 0. The molecular formula is C119H106N2. The van der Waals surface area contributed by atoms with Crippen molar-refractivity contribution in [3.8, 4) is 66.8 Å². The SMILES string of the molecule is C.CC(C)c1ccc(N(c2ccc(C3CCCCC3)cc2)c2cc3c4ccccc4c(N(c4ccc(C(C)C)cc4)c4ccc(C5CCCCC5)cc4)cc3c3ccccc23)cc1.[2HH].c1ccc(-c2ccccc2-c2c3ccccc3c(-c3cccc(-c4c5ccccc5c(-c5ccccc5-c5ccccc5)c5ccccc45)c3)c3ccccc23)cc1. The first-order valence-electron chi connectivity index (χ1n) is 43.9. The lowest BCUT2D eigenvalue weighted by atomic mass is 9.82. The van der Waals surface area contributed by atoms with Crippen LogP contribution in [-0.4, -0.2) is 0 Å². The molecule has 0 N–H and O–H groups in total. The first-order valence-corrected chi connectivity index (χ1v) is 43.9. The van der Waals surface area contributed by atoms with E-state index >= 15 is 0 Å². The first kappa shape index (κ1) is 77.5. The molecule has 2 aliphatic rings. The zero-order valence-electron chi connectivity index (χ0n) is 69.2. The van der Waals surface area contributed by atoms with E-state index in [2.05, 4.69) is 426 Å². The average Bonchev–Trinajstić information content (AvgIpc) is 0.730. The van der Waals surface area contributed by atoms with Crippen LogP contribution < -0.4 is 9.80 Å². The fraction of sp³-hybridized carbons (Fsp3) is 0.160. The molecule has 19 aromatic rings. The van der Waals surface area contributed by atoms with Crippen LogP contribution in [0.2, 0.25) is 0 Å². The number of fused-ring (bicyclic) bond motifs is 9.